The molecule has 0 radical (unpaired) electrons. The van der Waals surface area contributed by atoms with Gasteiger partial charge in [-0.2, -0.15) is 0 Å². The van der Waals surface area contributed by atoms with Crippen LogP contribution in [0.5, 0.6) is 11.5 Å². The lowest BCUT2D eigenvalue weighted by Gasteiger charge is -2.34. The molecular weight excluding hydrogens is 392 g/mol. The number of likely N-dealkylation sites (tertiary alicyclic amines) is 1. The van der Waals surface area contributed by atoms with Gasteiger partial charge in [-0.25, -0.2) is 0 Å². The van der Waals surface area contributed by atoms with E-state index in [0.717, 1.165) is 42.7 Å². The van der Waals surface area contributed by atoms with Crippen LogP contribution in [0.2, 0.25) is 0 Å². The summed E-state index contributed by atoms with van der Waals surface area (Å²) in [4.78, 5) is 14.9. The number of unbranched alkanes of at least 4 members (excludes halogenated alkanes) is 1. The first kappa shape index (κ1) is 23.9. The van der Waals surface area contributed by atoms with Gasteiger partial charge in [0, 0.05) is 24.4 Å². The first-order chi connectivity index (χ1) is 14.8. The van der Waals surface area contributed by atoms with Crippen molar-refractivity contribution in [3.05, 3.63) is 23.8 Å². The van der Waals surface area contributed by atoms with Crippen LogP contribution in [0.15, 0.2) is 18.2 Å². The van der Waals surface area contributed by atoms with Crippen molar-refractivity contribution in [3.8, 4) is 11.5 Å². The number of carbonyl (C=O) groups excluding carboxylic acids is 1. The minimum Gasteiger partial charge on any atom is -0.493 e. The zero-order valence-corrected chi connectivity index (χ0v) is 19.6. The van der Waals surface area contributed by atoms with Crippen molar-refractivity contribution in [1.82, 2.24) is 4.90 Å². The molecule has 0 aromatic heterocycles. The molecule has 2 aliphatic rings. The molecule has 0 unspecified atom stereocenters. The highest BCUT2D eigenvalue weighted by molar-refractivity contribution is 5.82. The number of aliphatic hydroxyl groups excluding tert-OH is 1. The first-order valence-electron chi connectivity index (χ1n) is 11.9. The van der Waals surface area contributed by atoms with Crippen molar-refractivity contribution in [2.45, 2.75) is 89.9 Å². The summed E-state index contributed by atoms with van der Waals surface area (Å²) in [5.74, 6) is 1.46. The second kappa shape index (κ2) is 10.2. The smallest absolute Gasteiger partial charge is 0.239 e. The summed E-state index contributed by atoms with van der Waals surface area (Å²) in [6, 6.07) is 5.55. The molecule has 2 fully saturated rings. The molecule has 0 bridgehead atoms. The van der Waals surface area contributed by atoms with E-state index in [1.54, 1.807) is 7.11 Å². The van der Waals surface area contributed by atoms with Crippen molar-refractivity contribution in [2.75, 3.05) is 20.2 Å². The van der Waals surface area contributed by atoms with E-state index in [1.165, 1.54) is 12.8 Å². The van der Waals surface area contributed by atoms with Crippen LogP contribution in [0.25, 0.3) is 0 Å². The van der Waals surface area contributed by atoms with Crippen molar-refractivity contribution >= 4 is 5.91 Å². The Morgan fingerprint density at radius 3 is 2.65 bits per heavy atom. The molecule has 3 rings (SSSR count). The minimum atomic E-state index is -0.566. The molecule has 1 saturated carbocycles. The molecule has 1 amide bonds. The maximum Gasteiger partial charge on any atom is 0.239 e. The molecule has 1 saturated heterocycles. The predicted molar refractivity (Wildman–Crippen MR) is 122 cm³/mol. The number of hydrogen-bond donors (Lipinski definition) is 2. The van der Waals surface area contributed by atoms with E-state index in [9.17, 15) is 9.90 Å². The normalized spacial score (nSPS) is 26.1. The van der Waals surface area contributed by atoms with Gasteiger partial charge in [0.05, 0.1) is 25.4 Å². The van der Waals surface area contributed by atoms with Crippen LogP contribution >= 0.6 is 0 Å². The maximum absolute atomic E-state index is 13.0. The summed E-state index contributed by atoms with van der Waals surface area (Å²) < 4.78 is 11.8. The van der Waals surface area contributed by atoms with Gasteiger partial charge >= 0.3 is 0 Å². The zero-order valence-electron chi connectivity index (χ0n) is 19.6. The Balaban J connectivity index is 1.85. The van der Waals surface area contributed by atoms with E-state index in [4.69, 9.17) is 15.2 Å². The fourth-order valence-electron chi connectivity index (χ4n) is 5.06. The molecule has 31 heavy (non-hydrogen) atoms. The Bertz CT molecular complexity index is 747. The number of nitrogens with two attached hydrogens (primary N) is 1. The average molecular weight is 433 g/mol. The van der Waals surface area contributed by atoms with E-state index >= 15 is 0 Å². The topological polar surface area (TPSA) is 85.0 Å². The Morgan fingerprint density at radius 1 is 1.32 bits per heavy atom. The first-order valence-corrected chi connectivity index (χ1v) is 11.9. The molecule has 6 nitrogen and oxygen atoms in total. The second-order valence-electron chi connectivity index (χ2n) is 9.64. The monoisotopic (exact) mass is 432 g/mol. The van der Waals surface area contributed by atoms with Gasteiger partial charge in [-0.05, 0) is 56.7 Å². The van der Waals surface area contributed by atoms with Crippen LogP contribution in [-0.4, -0.2) is 54.4 Å². The van der Waals surface area contributed by atoms with Gasteiger partial charge in [-0.1, -0.05) is 32.8 Å². The SMILES string of the molecule is CCCC[C@H](N)C(=O)N1C[C@@H](c2ccc(OC)c(OC3CCCC3)c2)[C@](C)([C@@H](C)O)C1. The van der Waals surface area contributed by atoms with E-state index in [0.29, 0.717) is 19.5 Å². The number of methoxy groups -OCH3 is 1. The van der Waals surface area contributed by atoms with Crippen LogP contribution in [0, 0.1) is 5.41 Å². The molecule has 1 aliphatic carbocycles. The van der Waals surface area contributed by atoms with Gasteiger partial charge in [0.15, 0.2) is 11.5 Å². The molecule has 0 spiro atoms. The molecule has 1 aromatic carbocycles. The molecule has 4 atom stereocenters. The highest BCUT2D eigenvalue weighted by Crippen LogP contribution is 2.47. The number of ether oxygens (including phenoxy) is 2. The molecule has 1 aromatic rings. The average Bonchev–Trinajstić information content (AvgIpc) is 3.39. The second-order valence-corrected chi connectivity index (χ2v) is 9.64. The number of hydrogen-bond acceptors (Lipinski definition) is 5. The molecule has 174 valence electrons. The van der Waals surface area contributed by atoms with Crippen LogP contribution in [-0.2, 0) is 4.79 Å². The van der Waals surface area contributed by atoms with Gasteiger partial charge in [0.1, 0.15) is 0 Å². The van der Waals surface area contributed by atoms with Crippen LogP contribution in [0.1, 0.15) is 77.2 Å². The number of rotatable bonds is 9. The van der Waals surface area contributed by atoms with E-state index in [1.807, 2.05) is 30.0 Å². The van der Waals surface area contributed by atoms with Gasteiger partial charge in [0.25, 0.3) is 0 Å². The number of nitrogens with zero attached hydrogens (tertiary/aromatic N) is 1. The maximum atomic E-state index is 13.0. The third-order valence-corrected chi connectivity index (χ3v) is 7.37. The van der Waals surface area contributed by atoms with Gasteiger partial charge in [0.2, 0.25) is 5.91 Å². The van der Waals surface area contributed by atoms with Crippen molar-refractivity contribution in [2.24, 2.45) is 11.1 Å². The number of aliphatic hydroxyl groups is 1. The third kappa shape index (κ3) is 5.17. The lowest BCUT2D eigenvalue weighted by atomic mass is 9.72. The standard InChI is InChI=1S/C25H40N2O4/c1-5-6-11-21(26)24(29)27-15-20(25(3,16-27)17(2)28)18-12-13-22(30-4)23(14-18)31-19-9-7-8-10-19/h12-14,17,19-21,28H,5-11,15-16,26H2,1-4H3/t17-,20+,21+,25+/m1/s1. The summed E-state index contributed by atoms with van der Waals surface area (Å²) in [5.41, 5.74) is 6.80. The summed E-state index contributed by atoms with van der Waals surface area (Å²) in [7, 11) is 1.66. The minimum absolute atomic E-state index is 0.00772. The Morgan fingerprint density at radius 2 is 2.03 bits per heavy atom. The molecule has 1 heterocycles. The van der Waals surface area contributed by atoms with Crippen molar-refractivity contribution in [1.29, 1.82) is 0 Å². The van der Waals surface area contributed by atoms with Gasteiger partial charge in [-0.3, -0.25) is 4.79 Å². The van der Waals surface area contributed by atoms with Gasteiger partial charge in [-0.15, -0.1) is 0 Å². The fourth-order valence-corrected chi connectivity index (χ4v) is 5.06. The number of carbonyl (C=O) groups is 1. The Labute approximate surface area is 187 Å². The van der Waals surface area contributed by atoms with E-state index in [-0.39, 0.29) is 17.9 Å². The van der Waals surface area contributed by atoms with E-state index < -0.39 is 17.6 Å². The van der Waals surface area contributed by atoms with Crippen LogP contribution in [0.4, 0.5) is 0 Å². The summed E-state index contributed by atoms with van der Waals surface area (Å²) in [6.45, 7) is 7.03. The quantitative estimate of drug-likeness (QED) is 0.619. The van der Waals surface area contributed by atoms with E-state index in [2.05, 4.69) is 13.8 Å². The molecule has 6 heteroatoms. The Kier molecular flexibility index (Phi) is 7.87. The largest absolute Gasteiger partial charge is 0.493 e. The molecule has 3 N–H and O–H groups in total. The Hall–Kier alpha value is -1.79. The molecular formula is C25H40N2O4. The summed E-state index contributed by atoms with van der Waals surface area (Å²) in [6.07, 6.45) is 6.86. The zero-order chi connectivity index (χ0) is 22.6. The third-order valence-electron chi connectivity index (χ3n) is 7.37. The van der Waals surface area contributed by atoms with Crippen molar-refractivity contribution < 1.29 is 19.4 Å². The van der Waals surface area contributed by atoms with Crippen molar-refractivity contribution in [3.63, 3.8) is 0 Å². The van der Waals surface area contributed by atoms with Crippen LogP contribution < -0.4 is 15.2 Å². The highest BCUT2D eigenvalue weighted by atomic mass is 16.5. The predicted octanol–water partition coefficient (Wildman–Crippen LogP) is 3.85. The van der Waals surface area contributed by atoms with Crippen LogP contribution in [0.3, 0.4) is 0 Å². The van der Waals surface area contributed by atoms with Gasteiger partial charge < -0.3 is 25.2 Å². The lowest BCUT2D eigenvalue weighted by molar-refractivity contribution is -0.132. The summed E-state index contributed by atoms with van der Waals surface area (Å²) >= 11 is 0. The number of amides is 1. The lowest BCUT2D eigenvalue weighted by Crippen LogP contribution is -2.44. The highest BCUT2D eigenvalue weighted by Gasteiger charge is 2.49. The molecule has 1 aliphatic heterocycles. The summed E-state index contributed by atoms with van der Waals surface area (Å²) in [5, 5.41) is 10.7. The fraction of sp³-hybridized carbons (Fsp3) is 0.720. The number of benzene rings is 1.